The van der Waals surface area contributed by atoms with Gasteiger partial charge in [-0.3, -0.25) is 4.79 Å². The number of hydrogen-bond acceptors (Lipinski definition) is 4. The Morgan fingerprint density at radius 2 is 0.642 bits per heavy atom. The van der Waals surface area contributed by atoms with Crippen LogP contribution in [0.4, 0.5) is 0 Å². The molecular formula is C62H121NO4. The van der Waals surface area contributed by atoms with Crippen molar-refractivity contribution in [3.63, 3.8) is 0 Å². The lowest BCUT2D eigenvalue weighted by molar-refractivity contribution is -0.124. The van der Waals surface area contributed by atoms with Gasteiger partial charge in [-0.15, -0.1) is 0 Å². The van der Waals surface area contributed by atoms with Crippen molar-refractivity contribution in [2.24, 2.45) is 0 Å². The van der Waals surface area contributed by atoms with E-state index in [-0.39, 0.29) is 12.5 Å². The number of hydrogen-bond donors (Lipinski definition) is 4. The lowest BCUT2D eigenvalue weighted by Crippen LogP contribution is -2.50. The average molecular weight is 945 g/mol. The lowest BCUT2D eigenvalue weighted by atomic mass is 9.99. The smallest absolute Gasteiger partial charge is 0.220 e. The molecule has 0 saturated heterocycles. The van der Waals surface area contributed by atoms with E-state index in [2.05, 4.69) is 43.5 Å². The van der Waals surface area contributed by atoms with Gasteiger partial charge in [0.05, 0.1) is 18.8 Å². The molecule has 0 aromatic rings. The van der Waals surface area contributed by atoms with Crippen molar-refractivity contribution >= 4 is 5.91 Å². The Hall–Kier alpha value is -1.17. The maximum absolute atomic E-state index is 12.5. The summed E-state index contributed by atoms with van der Waals surface area (Å²) in [5.74, 6) is -0.140. The van der Waals surface area contributed by atoms with Crippen molar-refractivity contribution in [1.82, 2.24) is 5.32 Å². The van der Waals surface area contributed by atoms with E-state index in [1.165, 1.54) is 270 Å². The van der Waals surface area contributed by atoms with Gasteiger partial charge in [0.1, 0.15) is 6.10 Å². The first kappa shape index (κ1) is 65.8. The number of allylic oxidation sites excluding steroid dienone is 4. The first-order valence-corrected chi connectivity index (χ1v) is 30.6. The third kappa shape index (κ3) is 52.5. The molecule has 0 aliphatic carbocycles. The normalized spacial score (nSPS) is 13.3. The Kier molecular flexibility index (Phi) is 56.4. The summed E-state index contributed by atoms with van der Waals surface area (Å²) >= 11 is 0. The van der Waals surface area contributed by atoms with E-state index in [9.17, 15) is 20.1 Å². The Morgan fingerprint density at radius 3 is 0.940 bits per heavy atom. The number of unbranched alkanes of at least 4 members (excludes halogenated alkanes) is 45. The van der Waals surface area contributed by atoms with Crippen molar-refractivity contribution in [1.29, 1.82) is 0 Å². The summed E-state index contributed by atoms with van der Waals surface area (Å²) in [5.41, 5.74) is 0. The molecule has 4 N–H and O–H groups in total. The monoisotopic (exact) mass is 944 g/mol. The number of amides is 1. The molecule has 0 aliphatic heterocycles. The summed E-state index contributed by atoms with van der Waals surface area (Å²) in [5, 5.41) is 33.7. The summed E-state index contributed by atoms with van der Waals surface area (Å²) in [7, 11) is 0. The van der Waals surface area contributed by atoms with E-state index in [0.29, 0.717) is 12.8 Å². The lowest BCUT2D eigenvalue weighted by Gasteiger charge is -2.26. The first-order chi connectivity index (χ1) is 33.1. The average Bonchev–Trinajstić information content (AvgIpc) is 3.33. The minimum Gasteiger partial charge on any atom is -0.394 e. The third-order valence-electron chi connectivity index (χ3n) is 14.6. The largest absolute Gasteiger partial charge is 0.394 e. The van der Waals surface area contributed by atoms with Gasteiger partial charge in [-0.25, -0.2) is 0 Å². The zero-order valence-corrected chi connectivity index (χ0v) is 45.6. The molecule has 0 heterocycles. The molecule has 3 unspecified atom stereocenters. The van der Waals surface area contributed by atoms with E-state index >= 15 is 0 Å². The Morgan fingerprint density at radius 1 is 0.373 bits per heavy atom. The van der Waals surface area contributed by atoms with Crippen LogP contribution in [0.25, 0.3) is 0 Å². The van der Waals surface area contributed by atoms with Crippen molar-refractivity contribution in [2.75, 3.05) is 6.61 Å². The summed E-state index contributed by atoms with van der Waals surface area (Å²) in [4.78, 5) is 12.5. The molecule has 0 bridgehead atoms. The number of carbonyl (C=O) groups excluding carboxylic acids is 1. The number of nitrogens with one attached hydrogen (secondary N) is 1. The second kappa shape index (κ2) is 57.4. The van der Waals surface area contributed by atoms with Crippen LogP contribution in [0, 0.1) is 0 Å². The highest BCUT2D eigenvalue weighted by Crippen LogP contribution is 2.18. The highest BCUT2D eigenvalue weighted by Gasteiger charge is 2.26. The molecule has 0 aromatic carbocycles. The molecule has 0 aliphatic rings. The highest BCUT2D eigenvalue weighted by atomic mass is 16.3. The van der Waals surface area contributed by atoms with Crippen molar-refractivity contribution < 1.29 is 20.1 Å². The fraction of sp³-hybridized carbons (Fsp3) is 0.919. The van der Waals surface area contributed by atoms with Gasteiger partial charge < -0.3 is 20.6 Å². The van der Waals surface area contributed by atoms with Crippen LogP contribution in [0.3, 0.4) is 0 Å². The molecule has 0 fully saturated rings. The van der Waals surface area contributed by atoms with Crippen LogP contribution >= 0.6 is 0 Å². The standard InChI is InChI=1S/C62H121NO4/c1-3-5-7-9-11-13-15-17-19-20-21-22-23-24-25-26-27-28-29-30-31-32-33-34-35-36-37-38-39-40-41-42-43-45-47-49-51-53-55-57-61(66)63-59(58-64)62(67)60(65)56-54-52-50-48-46-44-18-16-14-12-10-8-6-4-2/h27-28,30-31,59-60,62,64-65,67H,3-26,29,32-58H2,1-2H3,(H,63,66)/b28-27-,31-30-. The molecule has 0 spiro atoms. The molecule has 398 valence electrons. The van der Waals surface area contributed by atoms with Crippen LogP contribution in [-0.4, -0.2) is 46.1 Å². The zero-order valence-electron chi connectivity index (χ0n) is 45.6. The van der Waals surface area contributed by atoms with E-state index < -0.39 is 18.2 Å². The summed E-state index contributed by atoms with van der Waals surface area (Å²) < 4.78 is 0. The molecule has 67 heavy (non-hydrogen) atoms. The predicted octanol–water partition coefficient (Wildman–Crippen LogP) is 19.2. The summed E-state index contributed by atoms with van der Waals surface area (Å²) in [6.45, 7) is 4.21. The molecule has 0 radical (unpaired) electrons. The molecule has 0 aromatic heterocycles. The van der Waals surface area contributed by atoms with E-state index in [1.807, 2.05) is 0 Å². The highest BCUT2D eigenvalue weighted by molar-refractivity contribution is 5.76. The van der Waals surface area contributed by atoms with Gasteiger partial charge in [-0.1, -0.05) is 314 Å². The van der Waals surface area contributed by atoms with Crippen LogP contribution in [0.1, 0.15) is 341 Å². The SMILES string of the molecule is CCCCCCCCCCCCCCCCC/C=C\C/C=C\CCCCCCCCCCCCCCCCCCCC(=O)NC(CO)C(O)C(O)CCCCCCCCCCCCCCCC. The second-order valence-electron chi connectivity index (χ2n) is 21.3. The third-order valence-corrected chi connectivity index (χ3v) is 14.6. The minimum atomic E-state index is -1.13. The van der Waals surface area contributed by atoms with Gasteiger partial charge >= 0.3 is 0 Å². The second-order valence-corrected chi connectivity index (χ2v) is 21.3. The van der Waals surface area contributed by atoms with Crippen LogP contribution in [-0.2, 0) is 4.79 Å². The Balaban J connectivity index is 3.44. The zero-order chi connectivity index (χ0) is 48.6. The molecule has 5 nitrogen and oxygen atoms in total. The van der Waals surface area contributed by atoms with Gasteiger partial charge in [0.15, 0.2) is 0 Å². The van der Waals surface area contributed by atoms with E-state index in [1.54, 1.807) is 0 Å². The van der Waals surface area contributed by atoms with E-state index in [0.717, 1.165) is 44.9 Å². The van der Waals surface area contributed by atoms with Gasteiger partial charge in [0.25, 0.3) is 0 Å². The van der Waals surface area contributed by atoms with E-state index in [4.69, 9.17) is 0 Å². The first-order valence-electron chi connectivity index (χ1n) is 30.6. The topological polar surface area (TPSA) is 89.8 Å². The molecule has 1 amide bonds. The van der Waals surface area contributed by atoms with Crippen molar-refractivity contribution in [3.8, 4) is 0 Å². The van der Waals surface area contributed by atoms with Crippen LogP contribution in [0.15, 0.2) is 24.3 Å². The quantitative estimate of drug-likeness (QED) is 0.0361. The van der Waals surface area contributed by atoms with Crippen LogP contribution < -0.4 is 5.32 Å². The van der Waals surface area contributed by atoms with Gasteiger partial charge in [0, 0.05) is 6.42 Å². The van der Waals surface area contributed by atoms with Gasteiger partial charge in [-0.2, -0.15) is 0 Å². The van der Waals surface area contributed by atoms with Crippen molar-refractivity contribution in [2.45, 2.75) is 360 Å². The fourth-order valence-electron chi connectivity index (χ4n) is 9.84. The molecule has 0 saturated carbocycles. The molecule has 0 rings (SSSR count). The predicted molar refractivity (Wildman–Crippen MR) is 296 cm³/mol. The maximum Gasteiger partial charge on any atom is 0.220 e. The molecule has 5 heteroatoms. The Bertz CT molecular complexity index is 998. The summed E-state index contributed by atoms with van der Waals surface area (Å²) in [6, 6.07) is -0.807. The number of aliphatic hydroxyl groups is 3. The van der Waals surface area contributed by atoms with Crippen LogP contribution in [0.5, 0.6) is 0 Å². The number of carbonyl (C=O) groups is 1. The maximum atomic E-state index is 12.5. The molecular weight excluding hydrogens is 823 g/mol. The number of rotatable bonds is 57. The minimum absolute atomic E-state index is 0.140. The fourth-order valence-corrected chi connectivity index (χ4v) is 9.84. The van der Waals surface area contributed by atoms with Gasteiger partial charge in [0.2, 0.25) is 5.91 Å². The van der Waals surface area contributed by atoms with Gasteiger partial charge in [-0.05, 0) is 44.9 Å². The van der Waals surface area contributed by atoms with Crippen molar-refractivity contribution in [3.05, 3.63) is 24.3 Å². The van der Waals surface area contributed by atoms with Crippen LogP contribution in [0.2, 0.25) is 0 Å². The number of aliphatic hydroxyl groups excluding tert-OH is 3. The summed E-state index contributed by atoms with van der Waals surface area (Å²) in [6.07, 6.45) is 73.7. The Labute approximate surface area is 420 Å². The molecule has 3 atom stereocenters.